The first-order valence-corrected chi connectivity index (χ1v) is 11.5. The molecule has 0 unspecified atom stereocenters. The van der Waals surface area contributed by atoms with E-state index in [2.05, 4.69) is 17.4 Å². The van der Waals surface area contributed by atoms with Crippen molar-refractivity contribution >= 4 is 15.9 Å². The average molecular weight is 417 g/mol. The van der Waals surface area contributed by atoms with Crippen LogP contribution in [0.25, 0.3) is 0 Å². The van der Waals surface area contributed by atoms with Crippen molar-refractivity contribution in [1.29, 1.82) is 0 Å². The summed E-state index contributed by atoms with van der Waals surface area (Å²) in [5.74, 6) is -0.212. The summed E-state index contributed by atoms with van der Waals surface area (Å²) < 4.78 is 31.7. The molecule has 29 heavy (non-hydrogen) atoms. The maximum absolute atomic E-state index is 12.5. The maximum Gasteiger partial charge on any atom is 0.251 e. The number of carbonyl (C=O) groups is 1. The highest BCUT2D eigenvalue weighted by atomic mass is 32.2. The predicted molar refractivity (Wildman–Crippen MR) is 113 cm³/mol. The van der Waals surface area contributed by atoms with Crippen molar-refractivity contribution in [2.24, 2.45) is 0 Å². The lowest BCUT2D eigenvalue weighted by atomic mass is 10.1. The van der Waals surface area contributed by atoms with E-state index in [0.717, 1.165) is 12.8 Å². The van der Waals surface area contributed by atoms with Crippen LogP contribution in [-0.4, -0.2) is 51.0 Å². The number of hydrogen-bond donors (Lipinski definition) is 1. The molecule has 7 heteroatoms. The van der Waals surface area contributed by atoms with Gasteiger partial charge in [-0.05, 0) is 43.0 Å². The number of morpholine rings is 1. The molecule has 1 amide bonds. The Hall–Kier alpha value is -2.22. The minimum atomic E-state index is -3.37. The van der Waals surface area contributed by atoms with E-state index >= 15 is 0 Å². The van der Waals surface area contributed by atoms with Crippen LogP contribution in [0.5, 0.6) is 0 Å². The molecule has 1 fully saturated rings. The average Bonchev–Trinajstić information content (AvgIpc) is 2.74. The molecule has 0 aromatic heterocycles. The van der Waals surface area contributed by atoms with E-state index in [4.69, 9.17) is 4.74 Å². The molecule has 0 radical (unpaired) electrons. The lowest BCUT2D eigenvalue weighted by Crippen LogP contribution is -2.41. The van der Waals surface area contributed by atoms with Gasteiger partial charge in [-0.2, -0.15) is 4.31 Å². The van der Waals surface area contributed by atoms with Crippen molar-refractivity contribution in [2.75, 3.05) is 26.3 Å². The molecule has 1 N–H and O–H groups in total. The van der Waals surface area contributed by atoms with Crippen LogP contribution in [0.1, 0.15) is 34.8 Å². The number of amides is 1. The van der Waals surface area contributed by atoms with Crippen molar-refractivity contribution in [3.63, 3.8) is 0 Å². The summed E-state index contributed by atoms with van der Waals surface area (Å²) >= 11 is 0. The molecule has 2 aromatic rings. The number of rotatable bonds is 8. The van der Waals surface area contributed by atoms with E-state index in [1.807, 2.05) is 25.1 Å². The monoisotopic (exact) mass is 416 g/mol. The minimum Gasteiger partial charge on any atom is -0.379 e. The van der Waals surface area contributed by atoms with E-state index in [0.29, 0.717) is 37.4 Å². The van der Waals surface area contributed by atoms with Crippen LogP contribution in [0.2, 0.25) is 0 Å². The van der Waals surface area contributed by atoms with Gasteiger partial charge in [0.2, 0.25) is 10.0 Å². The molecule has 1 aliphatic heterocycles. The van der Waals surface area contributed by atoms with Crippen molar-refractivity contribution < 1.29 is 17.9 Å². The van der Waals surface area contributed by atoms with Gasteiger partial charge in [-0.25, -0.2) is 8.42 Å². The summed E-state index contributed by atoms with van der Waals surface area (Å²) in [6, 6.07) is 17.0. The van der Waals surface area contributed by atoms with Gasteiger partial charge in [0.15, 0.2) is 0 Å². The Morgan fingerprint density at radius 1 is 1.03 bits per heavy atom. The number of benzene rings is 2. The number of aryl methyl sites for hydroxylation is 1. The molecule has 3 rings (SSSR count). The zero-order valence-electron chi connectivity index (χ0n) is 16.7. The zero-order chi connectivity index (χ0) is 20.7. The summed E-state index contributed by atoms with van der Waals surface area (Å²) in [6.07, 6.45) is 1.76. The number of carbonyl (C=O) groups excluding carboxylic acids is 1. The van der Waals surface area contributed by atoms with Crippen LogP contribution >= 0.6 is 0 Å². The smallest absolute Gasteiger partial charge is 0.251 e. The second-order valence-electron chi connectivity index (χ2n) is 7.36. The highest BCUT2D eigenvalue weighted by molar-refractivity contribution is 7.88. The molecule has 1 heterocycles. The van der Waals surface area contributed by atoms with Gasteiger partial charge < -0.3 is 10.1 Å². The second-order valence-corrected chi connectivity index (χ2v) is 9.33. The summed E-state index contributed by atoms with van der Waals surface area (Å²) in [7, 11) is -3.37. The Morgan fingerprint density at radius 3 is 2.34 bits per heavy atom. The first kappa shape index (κ1) is 21.5. The molecule has 156 valence electrons. The number of hydrogen-bond acceptors (Lipinski definition) is 4. The van der Waals surface area contributed by atoms with Crippen LogP contribution in [0.3, 0.4) is 0 Å². The first-order valence-electron chi connectivity index (χ1n) is 9.93. The molecular weight excluding hydrogens is 388 g/mol. The number of sulfonamides is 1. The zero-order valence-corrected chi connectivity index (χ0v) is 17.5. The summed E-state index contributed by atoms with van der Waals surface area (Å²) in [4.78, 5) is 12.5. The van der Waals surface area contributed by atoms with Gasteiger partial charge in [-0.3, -0.25) is 4.79 Å². The number of ether oxygens (including phenoxy) is 1. The second kappa shape index (κ2) is 10.0. The molecule has 0 saturated carbocycles. The van der Waals surface area contributed by atoms with Gasteiger partial charge in [-0.1, -0.05) is 42.5 Å². The number of nitrogens with one attached hydrogen (secondary N) is 1. The van der Waals surface area contributed by atoms with Gasteiger partial charge in [0, 0.05) is 24.7 Å². The Balaban J connectivity index is 1.51. The first-order chi connectivity index (χ1) is 13.9. The van der Waals surface area contributed by atoms with E-state index in [-0.39, 0.29) is 17.7 Å². The fourth-order valence-corrected chi connectivity index (χ4v) is 4.79. The molecule has 0 bridgehead atoms. The van der Waals surface area contributed by atoms with Gasteiger partial charge in [0.05, 0.1) is 19.0 Å². The molecule has 2 aromatic carbocycles. The molecule has 1 aliphatic rings. The van der Waals surface area contributed by atoms with E-state index < -0.39 is 10.0 Å². The van der Waals surface area contributed by atoms with Gasteiger partial charge in [0.25, 0.3) is 5.91 Å². The topological polar surface area (TPSA) is 75.7 Å². The third-order valence-corrected chi connectivity index (χ3v) is 6.87. The lowest BCUT2D eigenvalue weighted by molar-refractivity contribution is 0.0729. The summed E-state index contributed by atoms with van der Waals surface area (Å²) in [6.45, 7) is 3.64. The molecule has 0 spiro atoms. The SMILES string of the molecule is C[C@@H](CCc1ccccc1)NC(=O)c1ccc(CS(=O)(=O)N2CCOCC2)cc1. The summed E-state index contributed by atoms with van der Waals surface area (Å²) in [5.41, 5.74) is 2.45. The molecule has 1 atom stereocenters. The van der Waals surface area contributed by atoms with E-state index in [1.165, 1.54) is 9.87 Å². The van der Waals surface area contributed by atoms with Crippen LogP contribution in [-0.2, 0) is 26.9 Å². The standard InChI is InChI=1S/C22H28N2O4S/c1-18(7-8-19-5-3-2-4-6-19)23-22(25)21-11-9-20(10-12-21)17-29(26,27)24-13-15-28-16-14-24/h2-6,9-12,18H,7-8,13-17H2,1H3,(H,23,25)/t18-/m0/s1. The Labute approximate surface area is 172 Å². The fraction of sp³-hybridized carbons (Fsp3) is 0.409. The lowest BCUT2D eigenvalue weighted by Gasteiger charge is -2.26. The van der Waals surface area contributed by atoms with Crippen LogP contribution < -0.4 is 5.32 Å². The third-order valence-electron chi connectivity index (χ3n) is 5.01. The van der Waals surface area contributed by atoms with Crippen LogP contribution in [0.4, 0.5) is 0 Å². The van der Waals surface area contributed by atoms with E-state index in [9.17, 15) is 13.2 Å². The predicted octanol–water partition coefficient (Wildman–Crippen LogP) is 2.60. The van der Waals surface area contributed by atoms with Crippen molar-refractivity contribution in [2.45, 2.75) is 31.6 Å². The van der Waals surface area contributed by atoms with Crippen molar-refractivity contribution in [1.82, 2.24) is 9.62 Å². The molecule has 1 saturated heterocycles. The Bertz CT molecular complexity index is 892. The third kappa shape index (κ3) is 6.39. The quantitative estimate of drug-likeness (QED) is 0.718. The molecule has 0 aliphatic carbocycles. The van der Waals surface area contributed by atoms with Crippen molar-refractivity contribution in [3.8, 4) is 0 Å². The highest BCUT2D eigenvalue weighted by Crippen LogP contribution is 2.14. The van der Waals surface area contributed by atoms with Crippen LogP contribution in [0.15, 0.2) is 54.6 Å². The largest absolute Gasteiger partial charge is 0.379 e. The maximum atomic E-state index is 12.5. The Kier molecular flexibility index (Phi) is 7.41. The highest BCUT2D eigenvalue weighted by Gasteiger charge is 2.24. The Morgan fingerprint density at radius 2 is 1.69 bits per heavy atom. The molecule has 6 nitrogen and oxygen atoms in total. The summed E-state index contributed by atoms with van der Waals surface area (Å²) in [5, 5.41) is 3.01. The van der Waals surface area contributed by atoms with Crippen LogP contribution in [0, 0.1) is 0 Å². The normalized spacial score (nSPS) is 16.3. The van der Waals surface area contributed by atoms with Gasteiger partial charge in [-0.15, -0.1) is 0 Å². The molecular formula is C22H28N2O4S. The van der Waals surface area contributed by atoms with Crippen molar-refractivity contribution in [3.05, 3.63) is 71.3 Å². The van der Waals surface area contributed by atoms with E-state index in [1.54, 1.807) is 24.3 Å². The number of nitrogens with zero attached hydrogens (tertiary/aromatic N) is 1. The minimum absolute atomic E-state index is 0.0454. The fourth-order valence-electron chi connectivity index (χ4n) is 3.29. The van der Waals surface area contributed by atoms with Gasteiger partial charge >= 0.3 is 0 Å². The van der Waals surface area contributed by atoms with Gasteiger partial charge in [0.1, 0.15) is 0 Å².